The van der Waals surface area contributed by atoms with Crippen molar-refractivity contribution in [1.29, 1.82) is 0 Å². The Balaban J connectivity index is 2.79. The van der Waals surface area contributed by atoms with E-state index in [2.05, 4.69) is 0 Å². The lowest BCUT2D eigenvalue weighted by atomic mass is 10.1. The molecule has 0 spiro atoms. The summed E-state index contributed by atoms with van der Waals surface area (Å²) in [7, 11) is 2.73. The Morgan fingerprint density at radius 1 is 1.13 bits per heavy atom. The summed E-state index contributed by atoms with van der Waals surface area (Å²) in [6.07, 6.45) is -4.75. The second kappa shape index (κ2) is 8.90. The van der Waals surface area contributed by atoms with Crippen LogP contribution in [0.15, 0.2) is 12.1 Å². The van der Waals surface area contributed by atoms with Gasteiger partial charge in [-0.25, -0.2) is 4.79 Å². The number of methoxy groups -OCH3 is 2. The largest absolute Gasteiger partial charge is 0.495 e. The normalized spacial score (nSPS) is 14.7. The van der Waals surface area contributed by atoms with Crippen molar-refractivity contribution < 1.29 is 39.4 Å². The first-order chi connectivity index (χ1) is 10.8. The van der Waals surface area contributed by atoms with E-state index in [0.717, 1.165) is 0 Å². The van der Waals surface area contributed by atoms with Crippen molar-refractivity contribution in [3.8, 4) is 11.5 Å². The van der Waals surface area contributed by atoms with E-state index < -0.39 is 37.5 Å². The Kier molecular flexibility index (Phi) is 7.53. The van der Waals surface area contributed by atoms with E-state index in [1.807, 2.05) is 0 Å². The number of hydrogen-bond acceptors (Lipinski definition) is 8. The van der Waals surface area contributed by atoms with Crippen LogP contribution in [-0.2, 0) is 4.74 Å². The van der Waals surface area contributed by atoms with Gasteiger partial charge in [0.2, 0.25) is 0 Å². The number of halogens is 1. The van der Waals surface area contributed by atoms with Gasteiger partial charge in [0.1, 0.15) is 41.4 Å². The van der Waals surface area contributed by atoms with E-state index in [-0.39, 0.29) is 22.1 Å². The highest BCUT2D eigenvalue weighted by molar-refractivity contribution is 6.33. The van der Waals surface area contributed by atoms with Crippen molar-refractivity contribution in [2.24, 2.45) is 0 Å². The van der Waals surface area contributed by atoms with Gasteiger partial charge in [-0.3, -0.25) is 0 Å². The first kappa shape index (κ1) is 19.5. The third-order valence-corrected chi connectivity index (χ3v) is 3.41. The number of carbonyl (C=O) groups excluding carboxylic acids is 1. The molecule has 0 amide bonds. The van der Waals surface area contributed by atoms with Crippen LogP contribution in [0, 0.1) is 0 Å². The number of aliphatic hydroxyl groups is 4. The average Bonchev–Trinajstić information content (AvgIpc) is 2.57. The lowest BCUT2D eigenvalue weighted by molar-refractivity contribution is -0.0925. The van der Waals surface area contributed by atoms with Gasteiger partial charge in [-0.1, -0.05) is 11.6 Å². The van der Waals surface area contributed by atoms with Crippen molar-refractivity contribution in [2.75, 3.05) is 27.4 Å². The van der Waals surface area contributed by atoms with Crippen LogP contribution in [-0.4, -0.2) is 72.1 Å². The molecule has 8 nitrogen and oxygen atoms in total. The molecule has 0 saturated heterocycles. The summed E-state index contributed by atoms with van der Waals surface area (Å²) in [5.74, 6) is -0.411. The zero-order chi connectivity index (χ0) is 17.6. The molecule has 1 aromatic rings. The van der Waals surface area contributed by atoms with Crippen LogP contribution in [0.4, 0.5) is 0 Å². The fraction of sp³-hybridized carbons (Fsp3) is 0.500. The number of esters is 1. The third-order valence-electron chi connectivity index (χ3n) is 3.04. The van der Waals surface area contributed by atoms with Crippen LogP contribution in [0.3, 0.4) is 0 Å². The van der Waals surface area contributed by atoms with Gasteiger partial charge in [0.15, 0.2) is 0 Å². The number of rotatable bonds is 8. The zero-order valence-electron chi connectivity index (χ0n) is 12.6. The third kappa shape index (κ3) is 4.95. The van der Waals surface area contributed by atoms with Crippen molar-refractivity contribution in [1.82, 2.24) is 0 Å². The molecular formula is C14H19ClO8. The molecule has 0 saturated carbocycles. The molecule has 0 aromatic heterocycles. The summed E-state index contributed by atoms with van der Waals surface area (Å²) in [6.45, 7) is -1.32. The first-order valence-corrected chi connectivity index (χ1v) is 6.97. The Morgan fingerprint density at radius 3 is 2.09 bits per heavy atom. The first-order valence-electron chi connectivity index (χ1n) is 6.59. The summed E-state index contributed by atoms with van der Waals surface area (Å²) < 4.78 is 14.9. The molecule has 23 heavy (non-hydrogen) atoms. The number of aliphatic hydroxyl groups excluding tert-OH is 4. The monoisotopic (exact) mass is 350 g/mol. The van der Waals surface area contributed by atoms with Gasteiger partial charge < -0.3 is 34.6 Å². The highest BCUT2D eigenvalue weighted by atomic mass is 35.5. The summed E-state index contributed by atoms with van der Waals surface area (Å²) in [5, 5.41) is 37.1. The number of ether oxygens (including phenoxy) is 3. The van der Waals surface area contributed by atoms with Crippen molar-refractivity contribution in [3.63, 3.8) is 0 Å². The maximum absolute atomic E-state index is 12.0. The minimum atomic E-state index is -1.65. The highest BCUT2D eigenvalue weighted by Gasteiger charge is 2.26. The predicted octanol–water partition coefficient (Wildman–Crippen LogP) is -0.411. The summed E-state index contributed by atoms with van der Waals surface area (Å²) in [6, 6.07) is 2.66. The fourth-order valence-corrected chi connectivity index (χ4v) is 1.96. The van der Waals surface area contributed by atoms with Crippen LogP contribution in [0.2, 0.25) is 5.02 Å². The number of benzene rings is 1. The van der Waals surface area contributed by atoms with Crippen LogP contribution in [0.25, 0.3) is 0 Å². The van der Waals surface area contributed by atoms with Gasteiger partial charge in [0, 0.05) is 0 Å². The van der Waals surface area contributed by atoms with Crippen LogP contribution < -0.4 is 9.47 Å². The van der Waals surface area contributed by atoms with Crippen molar-refractivity contribution in [3.05, 3.63) is 22.7 Å². The van der Waals surface area contributed by atoms with E-state index in [0.29, 0.717) is 0 Å². The lowest BCUT2D eigenvalue weighted by Gasteiger charge is -2.21. The molecule has 1 rings (SSSR count). The standard InChI is InChI=1S/C14H19ClO8/c1-21-10-3-7(4-11(22-2)12(10)15)14(20)23-6-9(18)13(19)8(17)5-16/h3-4,8-9,13,16-19H,5-6H2,1-2H3/t8-,9-,13-/m1/s1. The van der Waals surface area contributed by atoms with Gasteiger partial charge >= 0.3 is 5.97 Å². The van der Waals surface area contributed by atoms with Gasteiger partial charge in [-0.05, 0) is 12.1 Å². The van der Waals surface area contributed by atoms with Crippen molar-refractivity contribution in [2.45, 2.75) is 18.3 Å². The minimum Gasteiger partial charge on any atom is -0.495 e. The van der Waals surface area contributed by atoms with Gasteiger partial charge in [0.05, 0.1) is 26.4 Å². The van der Waals surface area contributed by atoms with E-state index in [9.17, 15) is 20.1 Å². The Morgan fingerprint density at radius 2 is 1.65 bits per heavy atom. The molecular weight excluding hydrogens is 332 g/mol. The number of hydrogen-bond donors (Lipinski definition) is 4. The molecule has 9 heteroatoms. The Labute approximate surface area is 137 Å². The molecule has 0 bridgehead atoms. The summed E-state index contributed by atoms with van der Waals surface area (Å²) in [4.78, 5) is 12.0. The molecule has 0 unspecified atom stereocenters. The van der Waals surface area contributed by atoms with Crippen LogP contribution >= 0.6 is 11.6 Å². The molecule has 130 valence electrons. The SMILES string of the molecule is COc1cc(C(=O)OC[C@@H](O)[C@H](O)[C@H](O)CO)cc(OC)c1Cl. The van der Waals surface area contributed by atoms with Crippen LogP contribution in [0.1, 0.15) is 10.4 Å². The van der Waals surface area contributed by atoms with E-state index in [1.54, 1.807) is 0 Å². The Hall–Kier alpha value is -1.58. The van der Waals surface area contributed by atoms with E-state index in [1.165, 1.54) is 26.4 Å². The molecule has 1 aromatic carbocycles. The molecule has 3 atom stereocenters. The average molecular weight is 351 g/mol. The minimum absolute atomic E-state index is 0.0625. The van der Waals surface area contributed by atoms with E-state index in [4.69, 9.17) is 30.9 Å². The molecule has 0 aliphatic heterocycles. The maximum atomic E-state index is 12.0. The maximum Gasteiger partial charge on any atom is 0.338 e. The smallest absolute Gasteiger partial charge is 0.338 e. The summed E-state index contributed by atoms with van der Waals surface area (Å²) in [5.41, 5.74) is 0.0625. The predicted molar refractivity (Wildman–Crippen MR) is 79.9 cm³/mol. The second-order valence-electron chi connectivity index (χ2n) is 4.60. The molecule has 0 radical (unpaired) electrons. The molecule has 0 heterocycles. The molecule has 4 N–H and O–H groups in total. The quantitative estimate of drug-likeness (QED) is 0.466. The molecule has 0 aliphatic rings. The topological polar surface area (TPSA) is 126 Å². The highest BCUT2D eigenvalue weighted by Crippen LogP contribution is 2.35. The summed E-state index contributed by atoms with van der Waals surface area (Å²) >= 11 is 5.98. The Bertz CT molecular complexity index is 511. The van der Waals surface area contributed by atoms with Gasteiger partial charge in [0.25, 0.3) is 0 Å². The molecule has 0 fully saturated rings. The van der Waals surface area contributed by atoms with Gasteiger partial charge in [-0.2, -0.15) is 0 Å². The van der Waals surface area contributed by atoms with Crippen molar-refractivity contribution >= 4 is 17.6 Å². The van der Waals surface area contributed by atoms with Crippen LogP contribution in [0.5, 0.6) is 11.5 Å². The van der Waals surface area contributed by atoms with Gasteiger partial charge in [-0.15, -0.1) is 0 Å². The zero-order valence-corrected chi connectivity index (χ0v) is 13.4. The number of carbonyl (C=O) groups is 1. The lowest BCUT2D eigenvalue weighted by Crippen LogP contribution is -2.42. The molecule has 0 aliphatic carbocycles. The fourth-order valence-electron chi connectivity index (χ4n) is 1.69. The second-order valence-corrected chi connectivity index (χ2v) is 4.98. The van der Waals surface area contributed by atoms with E-state index >= 15 is 0 Å².